The van der Waals surface area contributed by atoms with Crippen molar-refractivity contribution in [2.45, 2.75) is 17.4 Å². The fourth-order valence-corrected chi connectivity index (χ4v) is 3.79. The van der Waals surface area contributed by atoms with Gasteiger partial charge in [-0.2, -0.15) is 0 Å². The average Bonchev–Trinajstić information content (AvgIpc) is 3.01. The van der Waals surface area contributed by atoms with Crippen LogP contribution in [0.4, 0.5) is 0 Å². The Morgan fingerprint density at radius 3 is 2.67 bits per heavy atom. The van der Waals surface area contributed by atoms with Crippen LogP contribution >= 0.6 is 11.3 Å². The van der Waals surface area contributed by atoms with Gasteiger partial charge in [-0.05, 0) is 22.6 Å². The van der Waals surface area contributed by atoms with Gasteiger partial charge in [0, 0.05) is 13.7 Å². The number of ether oxygens (including phenoxy) is 1. The summed E-state index contributed by atoms with van der Waals surface area (Å²) in [4.78, 5) is 11.9. The third kappa shape index (κ3) is 4.77. The molecule has 1 aromatic carbocycles. The lowest BCUT2D eigenvalue weighted by molar-refractivity contribution is -0.118. The van der Waals surface area contributed by atoms with Crippen LogP contribution in [0.15, 0.2) is 46.0 Å². The summed E-state index contributed by atoms with van der Waals surface area (Å²) in [5, 5.41) is 4.66. The number of carbonyl (C=O) groups excluding carboxylic acids is 1. The summed E-state index contributed by atoms with van der Waals surface area (Å²) in [6.45, 7) is 0.924. The van der Waals surface area contributed by atoms with Crippen molar-refractivity contribution in [3.8, 4) is 0 Å². The second-order valence-electron chi connectivity index (χ2n) is 4.40. The molecule has 112 valence electrons. The summed E-state index contributed by atoms with van der Waals surface area (Å²) in [6, 6.07) is 11.4. The standard InChI is InChI=1S/C15H17NO3S2/c1-19-10-13-6-3-2-5-12(13)9-16-14(17)11-21(18)15-7-4-8-20-15/h2-8H,9-11H2,1H3,(H,16,17)/t21-/m1/s1. The van der Waals surface area contributed by atoms with Crippen molar-refractivity contribution in [3.63, 3.8) is 0 Å². The molecule has 0 aliphatic rings. The normalized spacial score (nSPS) is 12.0. The van der Waals surface area contributed by atoms with E-state index in [-0.39, 0.29) is 11.7 Å². The molecule has 6 heteroatoms. The lowest BCUT2D eigenvalue weighted by Gasteiger charge is -2.09. The largest absolute Gasteiger partial charge is 0.380 e. The second-order valence-corrected chi connectivity index (χ2v) is 7.03. The minimum atomic E-state index is -1.27. The molecule has 0 bridgehead atoms. The molecule has 21 heavy (non-hydrogen) atoms. The van der Waals surface area contributed by atoms with Crippen LogP contribution in [0.1, 0.15) is 11.1 Å². The Kier molecular flexibility index (Phi) is 6.10. The lowest BCUT2D eigenvalue weighted by atomic mass is 10.1. The number of thiophene rings is 1. The zero-order valence-corrected chi connectivity index (χ0v) is 13.3. The van der Waals surface area contributed by atoms with Crippen LogP contribution in [-0.4, -0.2) is 23.0 Å². The maximum absolute atomic E-state index is 11.9. The molecule has 0 fully saturated rings. The Morgan fingerprint density at radius 2 is 2.00 bits per heavy atom. The van der Waals surface area contributed by atoms with Crippen molar-refractivity contribution in [3.05, 3.63) is 52.9 Å². The van der Waals surface area contributed by atoms with Crippen LogP contribution in [0, 0.1) is 0 Å². The number of benzene rings is 1. The average molecular weight is 323 g/mol. The van der Waals surface area contributed by atoms with Crippen LogP contribution in [0.5, 0.6) is 0 Å². The summed E-state index contributed by atoms with van der Waals surface area (Å²) in [6.07, 6.45) is 0. The Morgan fingerprint density at radius 1 is 1.24 bits per heavy atom. The van der Waals surface area contributed by atoms with Crippen LogP contribution in [0.2, 0.25) is 0 Å². The molecule has 0 aliphatic carbocycles. The Labute approximate surface area is 130 Å². The molecule has 1 aromatic heterocycles. The summed E-state index contributed by atoms with van der Waals surface area (Å²) < 4.78 is 17.8. The van der Waals surface area contributed by atoms with E-state index in [0.29, 0.717) is 13.2 Å². The van der Waals surface area contributed by atoms with Crippen molar-refractivity contribution >= 4 is 28.0 Å². The maximum atomic E-state index is 11.9. The van der Waals surface area contributed by atoms with E-state index in [1.54, 1.807) is 13.2 Å². The topological polar surface area (TPSA) is 55.4 Å². The summed E-state index contributed by atoms with van der Waals surface area (Å²) in [5.41, 5.74) is 2.05. The first-order valence-corrected chi connectivity index (χ1v) is 8.65. The first-order valence-electron chi connectivity index (χ1n) is 6.45. The predicted molar refractivity (Wildman–Crippen MR) is 84.6 cm³/mol. The number of hydrogen-bond donors (Lipinski definition) is 1. The van der Waals surface area contributed by atoms with Crippen molar-refractivity contribution in [1.29, 1.82) is 0 Å². The molecule has 1 N–H and O–H groups in total. The predicted octanol–water partition coefficient (Wildman–Crippen LogP) is 2.32. The minimum Gasteiger partial charge on any atom is -0.380 e. The van der Waals surface area contributed by atoms with Crippen molar-refractivity contribution < 1.29 is 13.7 Å². The first kappa shape index (κ1) is 15.9. The number of methoxy groups -OCH3 is 1. The molecule has 0 radical (unpaired) electrons. The zero-order valence-electron chi connectivity index (χ0n) is 11.7. The van der Waals surface area contributed by atoms with Gasteiger partial charge in [-0.15, -0.1) is 11.3 Å². The molecule has 1 amide bonds. The third-order valence-corrected chi connectivity index (χ3v) is 5.49. The summed E-state index contributed by atoms with van der Waals surface area (Å²) in [7, 11) is 0.371. The molecule has 0 saturated carbocycles. The van der Waals surface area contributed by atoms with Crippen LogP contribution in [0.3, 0.4) is 0 Å². The molecule has 1 atom stereocenters. The van der Waals surface area contributed by atoms with E-state index in [1.165, 1.54) is 11.3 Å². The SMILES string of the molecule is COCc1ccccc1CNC(=O)C[S@@](=O)c1cccs1. The summed E-state index contributed by atoms with van der Waals surface area (Å²) in [5.74, 6) is -0.221. The maximum Gasteiger partial charge on any atom is 0.233 e. The molecule has 2 rings (SSSR count). The Hall–Kier alpha value is -1.50. The van der Waals surface area contributed by atoms with Gasteiger partial charge in [-0.3, -0.25) is 9.00 Å². The van der Waals surface area contributed by atoms with Crippen molar-refractivity contribution in [1.82, 2.24) is 5.32 Å². The quantitative estimate of drug-likeness (QED) is 0.851. The van der Waals surface area contributed by atoms with Gasteiger partial charge in [0.15, 0.2) is 0 Å². The molecule has 0 saturated heterocycles. The first-order chi connectivity index (χ1) is 10.2. The number of hydrogen-bond acceptors (Lipinski definition) is 4. The third-order valence-electron chi connectivity index (χ3n) is 2.88. The van der Waals surface area contributed by atoms with Crippen LogP contribution < -0.4 is 5.32 Å². The zero-order chi connectivity index (χ0) is 15.1. The molecule has 0 spiro atoms. The van der Waals surface area contributed by atoms with Gasteiger partial charge in [0.1, 0.15) is 5.75 Å². The van der Waals surface area contributed by atoms with Gasteiger partial charge >= 0.3 is 0 Å². The molecule has 2 aromatic rings. The highest BCUT2D eigenvalue weighted by Gasteiger charge is 2.11. The highest BCUT2D eigenvalue weighted by Crippen LogP contribution is 2.14. The van der Waals surface area contributed by atoms with E-state index in [2.05, 4.69) is 5.32 Å². The van der Waals surface area contributed by atoms with Crippen molar-refractivity contribution in [2.75, 3.05) is 12.9 Å². The fourth-order valence-electron chi connectivity index (χ4n) is 1.85. The van der Waals surface area contributed by atoms with E-state index in [1.807, 2.05) is 35.7 Å². The number of amides is 1. The Bertz CT molecular complexity index is 611. The van der Waals surface area contributed by atoms with E-state index >= 15 is 0 Å². The molecular weight excluding hydrogens is 306 g/mol. The van der Waals surface area contributed by atoms with Gasteiger partial charge in [0.25, 0.3) is 0 Å². The van der Waals surface area contributed by atoms with Gasteiger partial charge in [-0.1, -0.05) is 30.3 Å². The molecule has 4 nitrogen and oxygen atoms in total. The molecule has 1 heterocycles. The second kappa shape index (κ2) is 8.07. The molecule has 0 aliphatic heterocycles. The summed E-state index contributed by atoms with van der Waals surface area (Å²) >= 11 is 1.40. The smallest absolute Gasteiger partial charge is 0.233 e. The highest BCUT2D eigenvalue weighted by molar-refractivity contribution is 7.88. The number of nitrogens with one attached hydrogen (secondary N) is 1. The number of carbonyl (C=O) groups is 1. The number of rotatable bonds is 7. The van der Waals surface area contributed by atoms with Crippen molar-refractivity contribution in [2.24, 2.45) is 0 Å². The van der Waals surface area contributed by atoms with E-state index < -0.39 is 10.8 Å². The van der Waals surface area contributed by atoms with Gasteiger partial charge < -0.3 is 10.1 Å². The van der Waals surface area contributed by atoms with E-state index in [9.17, 15) is 9.00 Å². The van der Waals surface area contributed by atoms with E-state index in [0.717, 1.165) is 15.3 Å². The van der Waals surface area contributed by atoms with Gasteiger partial charge in [0.2, 0.25) is 5.91 Å². The van der Waals surface area contributed by atoms with Gasteiger partial charge in [0.05, 0.1) is 21.6 Å². The fraction of sp³-hybridized carbons (Fsp3) is 0.267. The highest BCUT2D eigenvalue weighted by atomic mass is 32.2. The van der Waals surface area contributed by atoms with Crippen LogP contribution in [-0.2, 0) is 33.5 Å². The van der Waals surface area contributed by atoms with E-state index in [4.69, 9.17) is 4.74 Å². The molecular formula is C15H17NO3S2. The van der Waals surface area contributed by atoms with Gasteiger partial charge in [-0.25, -0.2) is 0 Å². The Balaban J connectivity index is 1.88. The lowest BCUT2D eigenvalue weighted by Crippen LogP contribution is -2.28. The molecule has 0 unspecified atom stereocenters. The minimum absolute atomic E-state index is 0.00699. The monoisotopic (exact) mass is 323 g/mol. The van der Waals surface area contributed by atoms with Crippen LogP contribution in [0.25, 0.3) is 0 Å².